The molecule has 0 spiro atoms. The average Bonchev–Trinajstić information content (AvgIpc) is 2.60. The first-order valence-electron chi connectivity index (χ1n) is 7.62. The van der Waals surface area contributed by atoms with Crippen LogP contribution in [0.4, 0.5) is 0 Å². The lowest BCUT2D eigenvalue weighted by molar-refractivity contribution is -0.148. The summed E-state index contributed by atoms with van der Waals surface area (Å²) in [6.07, 6.45) is 1.77. The van der Waals surface area contributed by atoms with E-state index in [-0.39, 0.29) is 12.5 Å². The first kappa shape index (κ1) is 17.9. The molecule has 5 nitrogen and oxygen atoms in total. The lowest BCUT2D eigenvalue weighted by Gasteiger charge is -2.26. The van der Waals surface area contributed by atoms with Crippen molar-refractivity contribution in [3.63, 3.8) is 0 Å². The quantitative estimate of drug-likeness (QED) is 0.596. The molecule has 24 heavy (non-hydrogen) atoms. The summed E-state index contributed by atoms with van der Waals surface area (Å²) >= 11 is 5.75. The molecule has 0 bridgehead atoms. The molecule has 1 aromatic heterocycles. The summed E-state index contributed by atoms with van der Waals surface area (Å²) in [6, 6.07) is 11.9. The van der Waals surface area contributed by atoms with Crippen LogP contribution in [0.1, 0.15) is 22.8 Å². The van der Waals surface area contributed by atoms with Gasteiger partial charge in [0.05, 0.1) is 12.2 Å². The molecule has 1 atom stereocenters. The highest BCUT2D eigenvalue weighted by Crippen LogP contribution is 2.14. The van der Waals surface area contributed by atoms with Crippen LogP contribution in [-0.4, -0.2) is 41.5 Å². The Balaban J connectivity index is 2.22. The Morgan fingerprint density at radius 1 is 1.21 bits per heavy atom. The molecule has 0 fully saturated rings. The van der Waals surface area contributed by atoms with Gasteiger partial charge in [-0.1, -0.05) is 41.9 Å². The SMILES string of the molecule is CCOC(=O)C(Cc1ccccc1)N(C)C(=O)c1ccc(Cl)nc1. The fraction of sp³-hybridized carbons (Fsp3) is 0.278. The van der Waals surface area contributed by atoms with Crippen molar-refractivity contribution in [3.05, 3.63) is 64.9 Å². The van der Waals surface area contributed by atoms with Gasteiger partial charge in [0.2, 0.25) is 0 Å². The van der Waals surface area contributed by atoms with Crippen LogP contribution in [0, 0.1) is 0 Å². The predicted octanol–water partition coefficient (Wildman–Crippen LogP) is 2.98. The first-order chi connectivity index (χ1) is 11.5. The lowest BCUT2D eigenvalue weighted by atomic mass is 10.0. The zero-order chi connectivity index (χ0) is 17.5. The number of pyridine rings is 1. The number of likely N-dealkylation sites (N-methyl/N-ethyl adjacent to an activating group) is 1. The molecule has 6 heteroatoms. The highest BCUT2D eigenvalue weighted by atomic mass is 35.5. The number of hydrogen-bond donors (Lipinski definition) is 0. The highest BCUT2D eigenvalue weighted by molar-refractivity contribution is 6.29. The molecule has 126 valence electrons. The number of nitrogens with zero attached hydrogens (tertiary/aromatic N) is 2. The molecule has 0 aliphatic carbocycles. The van der Waals surface area contributed by atoms with Crippen LogP contribution >= 0.6 is 11.6 Å². The molecule has 0 aliphatic heterocycles. The number of esters is 1. The Kier molecular flexibility index (Phi) is 6.32. The number of aromatic nitrogens is 1. The van der Waals surface area contributed by atoms with E-state index in [9.17, 15) is 9.59 Å². The molecular formula is C18H19ClN2O3. The van der Waals surface area contributed by atoms with Gasteiger partial charge in [0.25, 0.3) is 5.91 Å². The number of rotatable bonds is 6. The molecule has 0 saturated heterocycles. The van der Waals surface area contributed by atoms with Crippen LogP contribution in [0.3, 0.4) is 0 Å². The second-order valence-corrected chi connectivity index (χ2v) is 5.63. The first-order valence-corrected chi connectivity index (χ1v) is 8.00. The number of hydrogen-bond acceptors (Lipinski definition) is 4. The summed E-state index contributed by atoms with van der Waals surface area (Å²) in [5, 5.41) is 0.306. The van der Waals surface area contributed by atoms with Crippen LogP contribution in [0.25, 0.3) is 0 Å². The zero-order valence-electron chi connectivity index (χ0n) is 13.6. The van der Waals surface area contributed by atoms with Crippen molar-refractivity contribution < 1.29 is 14.3 Å². The molecule has 2 rings (SSSR count). The molecule has 0 N–H and O–H groups in total. The van der Waals surface area contributed by atoms with Crippen LogP contribution < -0.4 is 0 Å². The number of carbonyl (C=O) groups is 2. The number of amides is 1. The van der Waals surface area contributed by atoms with Gasteiger partial charge < -0.3 is 9.64 Å². The summed E-state index contributed by atoms with van der Waals surface area (Å²) in [4.78, 5) is 30.3. The van der Waals surface area contributed by atoms with E-state index in [0.29, 0.717) is 17.1 Å². The van der Waals surface area contributed by atoms with Crippen LogP contribution in [0.15, 0.2) is 48.7 Å². The van der Waals surface area contributed by atoms with Gasteiger partial charge in [0, 0.05) is 19.7 Å². The molecule has 0 aliphatic rings. The fourth-order valence-corrected chi connectivity index (χ4v) is 2.41. The van der Waals surface area contributed by atoms with E-state index in [0.717, 1.165) is 5.56 Å². The van der Waals surface area contributed by atoms with Gasteiger partial charge in [-0.2, -0.15) is 0 Å². The fourth-order valence-electron chi connectivity index (χ4n) is 2.30. The maximum absolute atomic E-state index is 12.6. The van der Waals surface area contributed by atoms with Gasteiger partial charge in [0.15, 0.2) is 0 Å². The maximum atomic E-state index is 12.6. The summed E-state index contributed by atoms with van der Waals surface area (Å²) in [7, 11) is 1.58. The smallest absolute Gasteiger partial charge is 0.329 e. The summed E-state index contributed by atoms with van der Waals surface area (Å²) < 4.78 is 5.13. The maximum Gasteiger partial charge on any atom is 0.329 e. The van der Waals surface area contributed by atoms with E-state index in [1.54, 1.807) is 26.1 Å². The predicted molar refractivity (Wildman–Crippen MR) is 91.9 cm³/mol. The van der Waals surface area contributed by atoms with Gasteiger partial charge in [-0.25, -0.2) is 9.78 Å². The average molecular weight is 347 g/mol. The zero-order valence-corrected chi connectivity index (χ0v) is 14.4. The molecular weight excluding hydrogens is 328 g/mol. The topological polar surface area (TPSA) is 59.5 Å². The number of benzene rings is 1. The Hall–Kier alpha value is -2.40. The number of carbonyl (C=O) groups excluding carboxylic acids is 2. The van der Waals surface area contributed by atoms with E-state index < -0.39 is 12.0 Å². The largest absolute Gasteiger partial charge is 0.464 e. The van der Waals surface area contributed by atoms with Gasteiger partial charge in [-0.15, -0.1) is 0 Å². The minimum absolute atomic E-state index is 0.259. The Labute approximate surface area is 146 Å². The van der Waals surface area contributed by atoms with Gasteiger partial charge in [-0.3, -0.25) is 4.79 Å². The van der Waals surface area contributed by atoms with E-state index in [2.05, 4.69) is 4.98 Å². The van der Waals surface area contributed by atoms with Crippen LogP contribution in [-0.2, 0) is 16.0 Å². The monoisotopic (exact) mass is 346 g/mol. The molecule has 0 saturated carbocycles. The minimum atomic E-state index is -0.712. The second-order valence-electron chi connectivity index (χ2n) is 5.24. The Morgan fingerprint density at radius 3 is 2.50 bits per heavy atom. The second kappa shape index (κ2) is 8.45. The van der Waals surface area contributed by atoms with Crippen molar-refractivity contribution in [3.8, 4) is 0 Å². The van der Waals surface area contributed by atoms with Gasteiger partial charge in [0.1, 0.15) is 11.2 Å². The Morgan fingerprint density at radius 2 is 1.92 bits per heavy atom. The van der Waals surface area contributed by atoms with E-state index >= 15 is 0 Å². The third-order valence-corrected chi connectivity index (χ3v) is 3.82. The van der Waals surface area contributed by atoms with Crippen molar-refractivity contribution >= 4 is 23.5 Å². The van der Waals surface area contributed by atoms with Crippen molar-refractivity contribution in [1.29, 1.82) is 0 Å². The summed E-state index contributed by atoms with van der Waals surface area (Å²) in [5.74, 6) is -0.743. The highest BCUT2D eigenvalue weighted by Gasteiger charge is 2.29. The summed E-state index contributed by atoms with van der Waals surface area (Å²) in [6.45, 7) is 2.00. The third-order valence-electron chi connectivity index (χ3n) is 3.59. The lowest BCUT2D eigenvalue weighted by Crippen LogP contribution is -2.44. The van der Waals surface area contributed by atoms with E-state index in [1.807, 2.05) is 30.3 Å². The van der Waals surface area contributed by atoms with Crippen LogP contribution in [0.2, 0.25) is 5.15 Å². The molecule has 1 aromatic carbocycles. The third kappa shape index (κ3) is 4.55. The van der Waals surface area contributed by atoms with Gasteiger partial charge in [-0.05, 0) is 24.6 Å². The van der Waals surface area contributed by atoms with Crippen molar-refractivity contribution in [2.45, 2.75) is 19.4 Å². The standard InChI is InChI=1S/C18H19ClN2O3/c1-3-24-18(23)15(11-13-7-5-4-6-8-13)21(2)17(22)14-9-10-16(19)20-12-14/h4-10,12,15H,3,11H2,1-2H3. The van der Waals surface area contributed by atoms with Crippen LogP contribution in [0.5, 0.6) is 0 Å². The molecule has 0 radical (unpaired) electrons. The molecule has 1 heterocycles. The molecule has 2 aromatic rings. The van der Waals surface area contributed by atoms with Gasteiger partial charge >= 0.3 is 5.97 Å². The van der Waals surface area contributed by atoms with Crippen molar-refractivity contribution in [2.75, 3.05) is 13.7 Å². The van der Waals surface area contributed by atoms with Crippen molar-refractivity contribution in [2.24, 2.45) is 0 Å². The summed E-state index contributed by atoms with van der Waals surface area (Å²) in [5.41, 5.74) is 1.31. The number of halogens is 1. The minimum Gasteiger partial charge on any atom is -0.464 e. The van der Waals surface area contributed by atoms with Crippen molar-refractivity contribution in [1.82, 2.24) is 9.88 Å². The Bertz CT molecular complexity index is 689. The molecule has 1 amide bonds. The van der Waals surface area contributed by atoms with E-state index in [1.165, 1.54) is 11.1 Å². The normalized spacial score (nSPS) is 11.6. The molecule has 1 unspecified atom stereocenters. The van der Waals surface area contributed by atoms with E-state index in [4.69, 9.17) is 16.3 Å². The number of ether oxygens (including phenoxy) is 1.